The van der Waals surface area contributed by atoms with Crippen LogP contribution in [0.5, 0.6) is 17.2 Å². The third kappa shape index (κ3) is 7.57. The summed E-state index contributed by atoms with van der Waals surface area (Å²) < 4.78 is 17.3. The number of unbranched alkanes of at least 4 members (excludes halogenated alkanes) is 1. The smallest absolute Gasteiger partial charge is 0.306 e. The lowest BCUT2D eigenvalue weighted by Crippen LogP contribution is -2.28. The Labute approximate surface area is 251 Å². The third-order valence-electron chi connectivity index (χ3n) is 8.15. The highest BCUT2D eigenvalue weighted by Gasteiger charge is 2.30. The zero-order valence-electron chi connectivity index (χ0n) is 25.2. The van der Waals surface area contributed by atoms with Gasteiger partial charge in [0.2, 0.25) is 11.8 Å². The summed E-state index contributed by atoms with van der Waals surface area (Å²) in [4.78, 5) is 51.0. The molecule has 11 heteroatoms. The number of rotatable bonds is 14. The van der Waals surface area contributed by atoms with Crippen molar-refractivity contribution < 1.29 is 43.6 Å². The number of aryl methyl sites for hydroxylation is 1. The summed E-state index contributed by atoms with van der Waals surface area (Å²) in [5, 5.41) is 18.3. The van der Waals surface area contributed by atoms with E-state index < -0.39 is 23.8 Å². The van der Waals surface area contributed by atoms with Gasteiger partial charge >= 0.3 is 11.9 Å². The van der Waals surface area contributed by atoms with Gasteiger partial charge in [0.15, 0.2) is 0 Å². The molecule has 2 aromatic rings. The Morgan fingerprint density at radius 2 is 1.33 bits per heavy atom. The first-order chi connectivity index (χ1) is 20.5. The lowest BCUT2D eigenvalue weighted by Gasteiger charge is -2.17. The van der Waals surface area contributed by atoms with E-state index in [0.29, 0.717) is 44.3 Å². The van der Waals surface area contributed by atoms with Gasteiger partial charge in [-0.1, -0.05) is 13.8 Å². The van der Waals surface area contributed by atoms with E-state index in [0.717, 1.165) is 52.8 Å². The van der Waals surface area contributed by atoms with Crippen molar-refractivity contribution >= 4 is 23.8 Å². The molecule has 2 aliphatic heterocycles. The molecule has 2 heterocycles. The van der Waals surface area contributed by atoms with Crippen molar-refractivity contribution in [2.24, 2.45) is 11.8 Å². The van der Waals surface area contributed by atoms with Gasteiger partial charge in [-0.2, -0.15) is 0 Å². The summed E-state index contributed by atoms with van der Waals surface area (Å²) >= 11 is 0. The predicted octanol–water partition coefficient (Wildman–Crippen LogP) is 4.01. The van der Waals surface area contributed by atoms with Crippen molar-refractivity contribution in [3.63, 3.8) is 0 Å². The molecule has 0 aromatic heterocycles. The van der Waals surface area contributed by atoms with Gasteiger partial charge < -0.3 is 34.2 Å². The van der Waals surface area contributed by atoms with Crippen LogP contribution in [0.3, 0.4) is 0 Å². The van der Waals surface area contributed by atoms with Crippen LogP contribution < -0.4 is 14.2 Å². The topological polar surface area (TPSA) is 143 Å². The summed E-state index contributed by atoms with van der Waals surface area (Å²) in [6.07, 6.45) is 2.27. The molecule has 0 spiro atoms. The third-order valence-corrected chi connectivity index (χ3v) is 8.15. The molecule has 11 nitrogen and oxygen atoms in total. The first-order valence-corrected chi connectivity index (χ1v) is 14.5. The number of hydrogen-bond acceptors (Lipinski definition) is 7. The van der Waals surface area contributed by atoms with E-state index in [-0.39, 0.29) is 24.7 Å². The van der Waals surface area contributed by atoms with Gasteiger partial charge in [-0.15, -0.1) is 0 Å². The molecule has 2 aliphatic rings. The fourth-order valence-electron chi connectivity index (χ4n) is 5.47. The number of amides is 2. The van der Waals surface area contributed by atoms with Crippen LogP contribution in [0.1, 0.15) is 67.3 Å². The van der Waals surface area contributed by atoms with Crippen LogP contribution in [0.15, 0.2) is 24.3 Å². The lowest BCUT2D eigenvalue weighted by molar-refractivity contribution is -0.145. The van der Waals surface area contributed by atoms with Crippen LogP contribution in [0.25, 0.3) is 0 Å². The fourth-order valence-corrected chi connectivity index (χ4v) is 5.47. The highest BCUT2D eigenvalue weighted by Crippen LogP contribution is 2.36. The normalized spacial score (nSPS) is 15.0. The monoisotopic (exact) mass is 596 g/mol. The number of aliphatic carboxylic acids is 2. The molecular weight excluding hydrogens is 556 g/mol. The molecular formula is C32H40N2O9. The highest BCUT2D eigenvalue weighted by molar-refractivity contribution is 5.83. The SMILES string of the molecule is COc1cc2c(c(OCCCCc3cc4c(cc3OC)CN(C(=O)CC(C)C(=O)O)C4)c1)CN(C(=O)CC(C)C(=O)O)C2. The first-order valence-electron chi connectivity index (χ1n) is 14.5. The van der Waals surface area contributed by atoms with E-state index in [1.165, 1.54) is 13.8 Å². The molecule has 0 saturated carbocycles. The fraction of sp³-hybridized carbons (Fsp3) is 0.500. The first kappa shape index (κ1) is 31.7. The summed E-state index contributed by atoms with van der Waals surface area (Å²) in [5.74, 6) is -1.77. The molecule has 43 heavy (non-hydrogen) atoms. The van der Waals surface area contributed by atoms with Crippen molar-refractivity contribution in [3.8, 4) is 17.2 Å². The average Bonchev–Trinajstić information content (AvgIpc) is 3.60. The van der Waals surface area contributed by atoms with Gasteiger partial charge in [0.25, 0.3) is 0 Å². The van der Waals surface area contributed by atoms with E-state index >= 15 is 0 Å². The number of ether oxygens (including phenoxy) is 3. The van der Waals surface area contributed by atoms with Crippen LogP contribution >= 0.6 is 0 Å². The minimum Gasteiger partial charge on any atom is -0.497 e. The van der Waals surface area contributed by atoms with Crippen molar-refractivity contribution in [2.75, 3.05) is 20.8 Å². The van der Waals surface area contributed by atoms with Gasteiger partial charge in [-0.25, -0.2) is 0 Å². The quantitative estimate of drug-likeness (QED) is 0.309. The number of carbonyl (C=O) groups is 4. The van der Waals surface area contributed by atoms with E-state index in [1.807, 2.05) is 18.2 Å². The number of benzene rings is 2. The standard InChI is InChI=1S/C32H40N2O9/c1-19(31(37)38)9-29(35)33-15-22-11-21(27(42-4)13-23(22)16-33)7-5-6-8-43-28-14-25(41-3)12-24-17-34(18-26(24)28)30(36)10-20(2)32(39)40/h11-14,19-20H,5-10,15-18H2,1-4H3,(H,37,38)(H,39,40). The molecule has 2 N–H and O–H groups in total. The summed E-state index contributed by atoms with van der Waals surface area (Å²) in [6.45, 7) is 5.17. The Kier molecular flexibility index (Phi) is 10.2. The van der Waals surface area contributed by atoms with Crippen molar-refractivity contribution in [2.45, 2.75) is 72.1 Å². The Morgan fingerprint density at radius 3 is 1.91 bits per heavy atom. The summed E-state index contributed by atoms with van der Waals surface area (Å²) in [6, 6.07) is 7.76. The van der Waals surface area contributed by atoms with Gasteiger partial charge in [-0.3, -0.25) is 19.2 Å². The predicted molar refractivity (Wildman–Crippen MR) is 156 cm³/mol. The molecule has 4 rings (SSSR count). The Hall–Kier alpha value is -4.28. The summed E-state index contributed by atoms with van der Waals surface area (Å²) in [5.41, 5.74) is 4.94. The number of carboxylic acids is 2. The van der Waals surface area contributed by atoms with Gasteiger partial charge in [0, 0.05) is 50.7 Å². The molecule has 0 fully saturated rings. The van der Waals surface area contributed by atoms with E-state index in [2.05, 4.69) is 6.07 Å². The Bertz CT molecular complexity index is 1390. The van der Waals surface area contributed by atoms with Crippen LogP contribution in [0, 0.1) is 11.8 Å². The molecule has 0 radical (unpaired) electrons. The maximum absolute atomic E-state index is 12.7. The average molecular weight is 597 g/mol. The Balaban J connectivity index is 1.32. The number of fused-ring (bicyclic) bond motifs is 2. The van der Waals surface area contributed by atoms with Crippen molar-refractivity contribution in [1.29, 1.82) is 0 Å². The minimum absolute atomic E-state index is 0.0257. The largest absolute Gasteiger partial charge is 0.497 e. The van der Waals surface area contributed by atoms with Crippen molar-refractivity contribution in [1.82, 2.24) is 9.80 Å². The van der Waals surface area contributed by atoms with Crippen molar-refractivity contribution in [3.05, 3.63) is 52.1 Å². The second kappa shape index (κ2) is 13.8. The highest BCUT2D eigenvalue weighted by atomic mass is 16.5. The number of carboxylic acid groups (broad SMARTS) is 2. The maximum atomic E-state index is 12.7. The zero-order valence-corrected chi connectivity index (χ0v) is 25.2. The van der Waals surface area contributed by atoms with Crippen LogP contribution in [0.2, 0.25) is 0 Å². The second-order valence-corrected chi connectivity index (χ2v) is 11.4. The number of nitrogens with zero attached hydrogens (tertiary/aromatic N) is 2. The van der Waals surface area contributed by atoms with Crippen LogP contribution in [-0.2, 0) is 51.8 Å². The molecule has 0 bridgehead atoms. The zero-order chi connectivity index (χ0) is 31.3. The van der Waals surface area contributed by atoms with Gasteiger partial charge in [-0.05, 0) is 59.7 Å². The van der Waals surface area contributed by atoms with E-state index in [1.54, 1.807) is 24.0 Å². The number of methoxy groups -OCH3 is 2. The number of hydrogen-bond donors (Lipinski definition) is 2. The van der Waals surface area contributed by atoms with Gasteiger partial charge in [0.1, 0.15) is 17.2 Å². The molecule has 2 atom stereocenters. The molecule has 0 aliphatic carbocycles. The minimum atomic E-state index is -0.993. The van der Waals surface area contributed by atoms with E-state index in [4.69, 9.17) is 19.3 Å². The van der Waals surface area contributed by atoms with Crippen LogP contribution in [0.4, 0.5) is 0 Å². The lowest BCUT2D eigenvalue weighted by atomic mass is 10.0. The molecule has 2 aromatic carbocycles. The molecule has 2 unspecified atom stereocenters. The molecule has 0 saturated heterocycles. The van der Waals surface area contributed by atoms with E-state index in [9.17, 15) is 24.3 Å². The number of carbonyl (C=O) groups excluding carboxylic acids is 2. The molecule has 232 valence electrons. The van der Waals surface area contributed by atoms with Gasteiger partial charge in [0.05, 0.1) is 32.7 Å². The summed E-state index contributed by atoms with van der Waals surface area (Å²) in [7, 11) is 3.20. The van der Waals surface area contributed by atoms with Crippen LogP contribution in [-0.4, -0.2) is 64.6 Å². The second-order valence-electron chi connectivity index (χ2n) is 11.4. The maximum Gasteiger partial charge on any atom is 0.306 e. The molecule has 2 amide bonds. The Morgan fingerprint density at radius 1 is 0.744 bits per heavy atom.